The zero-order valence-corrected chi connectivity index (χ0v) is 21.3. The molecule has 0 aromatic heterocycles. The van der Waals surface area contributed by atoms with Gasteiger partial charge in [-0.2, -0.15) is 0 Å². The average molecular weight is 479 g/mol. The zero-order chi connectivity index (χ0) is 23.8. The van der Waals surface area contributed by atoms with Crippen LogP contribution in [-0.2, 0) is 23.4 Å². The molecule has 0 unspecified atom stereocenters. The summed E-state index contributed by atoms with van der Waals surface area (Å²) in [6, 6.07) is 21.2. The number of ether oxygens (including phenoxy) is 4. The number of hydrogen-bond acceptors (Lipinski definition) is 5. The highest BCUT2D eigenvalue weighted by Crippen LogP contribution is 2.36. The molecule has 0 saturated carbocycles. The van der Waals surface area contributed by atoms with Gasteiger partial charge in [-0.3, -0.25) is 0 Å². The smallest absolute Gasteiger partial charge is 0.261 e. The van der Waals surface area contributed by atoms with Gasteiger partial charge in [0.25, 0.3) is 8.32 Å². The molecule has 33 heavy (non-hydrogen) atoms. The third-order valence-corrected chi connectivity index (χ3v) is 10.3. The molecule has 0 N–H and O–H groups in total. The maximum absolute atomic E-state index is 11.9. The van der Waals surface area contributed by atoms with Crippen molar-refractivity contribution in [1.82, 2.24) is 0 Å². The summed E-state index contributed by atoms with van der Waals surface area (Å²) in [5, 5.41) is 2.49. The van der Waals surface area contributed by atoms with Gasteiger partial charge in [-0.25, -0.2) is 4.39 Å². The van der Waals surface area contributed by atoms with Crippen molar-refractivity contribution < 1.29 is 27.8 Å². The molecule has 184 valence electrons. The Hall–Kier alpha value is -1.61. The second-order valence-electron chi connectivity index (χ2n) is 8.65. The Balaban J connectivity index is 1.77. The molecule has 5 nitrogen and oxygen atoms in total. The Kier molecular flexibility index (Phi) is 12.8. The molecule has 0 radical (unpaired) electrons. The van der Waals surface area contributed by atoms with E-state index in [-0.39, 0.29) is 11.6 Å². The Bertz CT molecular complexity index is 700. The summed E-state index contributed by atoms with van der Waals surface area (Å²) in [5.74, 6) is 0. The predicted molar refractivity (Wildman–Crippen MR) is 133 cm³/mol. The Morgan fingerprint density at radius 1 is 0.576 bits per heavy atom. The Morgan fingerprint density at radius 3 is 1.30 bits per heavy atom. The van der Waals surface area contributed by atoms with Gasteiger partial charge in [-0.15, -0.1) is 0 Å². The lowest BCUT2D eigenvalue weighted by Gasteiger charge is -2.43. The highest BCUT2D eigenvalue weighted by Gasteiger charge is 2.49. The minimum absolute atomic E-state index is 0.0459. The van der Waals surface area contributed by atoms with Gasteiger partial charge in [0.15, 0.2) is 0 Å². The quantitative estimate of drug-likeness (QED) is 0.257. The van der Waals surface area contributed by atoms with Gasteiger partial charge in [0.05, 0.1) is 59.5 Å². The second kappa shape index (κ2) is 15.3. The van der Waals surface area contributed by atoms with E-state index < -0.39 is 15.0 Å². The summed E-state index contributed by atoms with van der Waals surface area (Å²) >= 11 is 0. The van der Waals surface area contributed by atoms with E-state index in [0.717, 1.165) is 0 Å². The van der Waals surface area contributed by atoms with Crippen molar-refractivity contribution in [3.63, 3.8) is 0 Å². The van der Waals surface area contributed by atoms with E-state index in [1.54, 1.807) is 0 Å². The number of alkyl halides is 1. The second-order valence-corrected chi connectivity index (χ2v) is 13.0. The van der Waals surface area contributed by atoms with Crippen LogP contribution in [0.1, 0.15) is 20.8 Å². The van der Waals surface area contributed by atoms with Crippen LogP contribution in [0.3, 0.4) is 0 Å². The van der Waals surface area contributed by atoms with E-state index in [4.69, 9.17) is 23.4 Å². The van der Waals surface area contributed by atoms with E-state index in [0.29, 0.717) is 52.9 Å². The largest absolute Gasteiger partial charge is 0.405 e. The van der Waals surface area contributed by atoms with E-state index in [9.17, 15) is 4.39 Å². The average Bonchev–Trinajstić information content (AvgIpc) is 2.82. The number of benzene rings is 2. The van der Waals surface area contributed by atoms with Crippen molar-refractivity contribution in [2.45, 2.75) is 25.8 Å². The van der Waals surface area contributed by atoms with Crippen molar-refractivity contribution in [3.8, 4) is 0 Å². The van der Waals surface area contributed by atoms with E-state index in [1.165, 1.54) is 10.4 Å². The molecule has 0 spiro atoms. The van der Waals surface area contributed by atoms with Gasteiger partial charge >= 0.3 is 0 Å². The standard InChI is InChI=1S/C26H39FO5Si/c1-26(2,3)33(24-10-6-4-7-11-24,25-12-8-5-9-13-25)32-23-22-31-21-20-30-19-18-29-17-16-28-15-14-27/h4-13H,14-23H2,1-3H3. The molecule has 7 heteroatoms. The van der Waals surface area contributed by atoms with Crippen LogP contribution >= 0.6 is 0 Å². The fraction of sp³-hybridized carbons (Fsp3) is 0.538. The third-order valence-electron chi connectivity index (χ3n) is 5.30. The van der Waals surface area contributed by atoms with Crippen molar-refractivity contribution in [1.29, 1.82) is 0 Å². The predicted octanol–water partition coefficient (Wildman–Crippen LogP) is 3.60. The normalized spacial score (nSPS) is 12.2. The van der Waals surface area contributed by atoms with Crippen LogP contribution in [0.4, 0.5) is 4.39 Å². The van der Waals surface area contributed by atoms with Crippen molar-refractivity contribution in [2.24, 2.45) is 0 Å². The number of halogens is 1. The molecule has 0 amide bonds. The lowest BCUT2D eigenvalue weighted by atomic mass is 10.2. The summed E-state index contributed by atoms with van der Waals surface area (Å²) in [6.45, 7) is 10.3. The van der Waals surface area contributed by atoms with Crippen LogP contribution in [0, 0.1) is 0 Å². The molecule has 0 heterocycles. The van der Waals surface area contributed by atoms with E-state index in [2.05, 4.69) is 69.3 Å². The molecular formula is C26H39FO5Si. The Morgan fingerprint density at radius 2 is 0.939 bits per heavy atom. The van der Waals surface area contributed by atoms with Gasteiger partial charge in [0, 0.05) is 0 Å². The first-order chi connectivity index (χ1) is 16.0. The third kappa shape index (κ3) is 8.92. The maximum atomic E-state index is 11.9. The van der Waals surface area contributed by atoms with Crippen LogP contribution in [-0.4, -0.2) is 74.5 Å². The van der Waals surface area contributed by atoms with E-state index in [1.807, 2.05) is 12.1 Å². The Labute approximate surface area is 199 Å². The molecule has 0 aliphatic rings. The summed E-state index contributed by atoms with van der Waals surface area (Å²) in [5.41, 5.74) is 0. The summed E-state index contributed by atoms with van der Waals surface area (Å²) < 4.78 is 40.3. The van der Waals surface area contributed by atoms with Gasteiger partial charge in [0.2, 0.25) is 0 Å². The maximum Gasteiger partial charge on any atom is 0.261 e. The van der Waals surface area contributed by atoms with Crippen LogP contribution in [0.25, 0.3) is 0 Å². The van der Waals surface area contributed by atoms with Crippen molar-refractivity contribution in [3.05, 3.63) is 60.7 Å². The molecule has 0 aliphatic carbocycles. The van der Waals surface area contributed by atoms with Gasteiger partial charge < -0.3 is 23.4 Å². The first-order valence-electron chi connectivity index (χ1n) is 11.6. The summed E-state index contributed by atoms with van der Waals surface area (Å²) in [7, 11) is -2.51. The molecule has 2 aromatic carbocycles. The van der Waals surface area contributed by atoms with Gasteiger partial charge in [0.1, 0.15) is 6.67 Å². The molecule has 2 aromatic rings. The lowest BCUT2D eigenvalue weighted by molar-refractivity contribution is -0.00587. The minimum atomic E-state index is -2.51. The van der Waals surface area contributed by atoms with Gasteiger partial charge in [-0.05, 0) is 15.4 Å². The first kappa shape index (κ1) is 27.6. The number of rotatable bonds is 17. The van der Waals surface area contributed by atoms with Crippen LogP contribution < -0.4 is 10.4 Å². The fourth-order valence-electron chi connectivity index (χ4n) is 3.83. The SMILES string of the molecule is CC(C)(C)[Si](OCCOCCOCCOCCOCCF)(c1ccccc1)c1ccccc1. The first-order valence-corrected chi connectivity index (χ1v) is 13.5. The highest BCUT2D eigenvalue weighted by atomic mass is 28.4. The highest BCUT2D eigenvalue weighted by molar-refractivity contribution is 6.99. The van der Waals surface area contributed by atoms with Crippen LogP contribution in [0.5, 0.6) is 0 Å². The molecule has 0 saturated heterocycles. The monoisotopic (exact) mass is 478 g/mol. The lowest BCUT2D eigenvalue weighted by Crippen LogP contribution is -2.66. The zero-order valence-electron chi connectivity index (χ0n) is 20.3. The molecule has 0 bridgehead atoms. The molecule has 0 atom stereocenters. The molecule has 0 aliphatic heterocycles. The topological polar surface area (TPSA) is 46.2 Å². The van der Waals surface area contributed by atoms with Crippen molar-refractivity contribution in [2.75, 3.05) is 66.1 Å². The van der Waals surface area contributed by atoms with Crippen LogP contribution in [0.15, 0.2) is 60.7 Å². The van der Waals surface area contributed by atoms with Gasteiger partial charge in [-0.1, -0.05) is 81.4 Å². The van der Waals surface area contributed by atoms with Crippen LogP contribution in [0.2, 0.25) is 5.04 Å². The fourth-order valence-corrected chi connectivity index (χ4v) is 8.38. The van der Waals surface area contributed by atoms with E-state index >= 15 is 0 Å². The summed E-state index contributed by atoms with van der Waals surface area (Å²) in [6.07, 6.45) is 0. The van der Waals surface area contributed by atoms with Crippen molar-refractivity contribution >= 4 is 18.7 Å². The summed E-state index contributed by atoms with van der Waals surface area (Å²) in [4.78, 5) is 0. The molecule has 2 rings (SSSR count). The number of hydrogen-bond donors (Lipinski definition) is 0. The molecular weight excluding hydrogens is 439 g/mol. The minimum Gasteiger partial charge on any atom is -0.405 e. The molecule has 0 fully saturated rings.